The Balaban J connectivity index is 2.10. The summed E-state index contributed by atoms with van der Waals surface area (Å²) in [4.78, 5) is 61.4. The molecule has 6 N–H and O–H groups in total. The Morgan fingerprint density at radius 2 is 1.88 bits per heavy atom. The molecule has 0 spiro atoms. The molecule has 5 unspecified atom stereocenters. The maximum absolute atomic E-state index is 12.1. The van der Waals surface area contributed by atoms with Crippen molar-refractivity contribution in [3.05, 3.63) is 45.3 Å². The fourth-order valence-corrected chi connectivity index (χ4v) is 5.45. The van der Waals surface area contributed by atoms with Gasteiger partial charge in [0, 0.05) is 12.6 Å². The van der Waals surface area contributed by atoms with Crippen LogP contribution in [0.4, 0.5) is 0 Å². The van der Waals surface area contributed by atoms with Crippen molar-refractivity contribution in [2.75, 3.05) is 6.61 Å². The lowest BCUT2D eigenvalue weighted by atomic mass is 10.2. The third-order valence-electron chi connectivity index (χ3n) is 3.61. The summed E-state index contributed by atoms with van der Waals surface area (Å²) >= 11 is 0. The van der Waals surface area contributed by atoms with Crippen LogP contribution in [0, 0.1) is 11.8 Å². The van der Waals surface area contributed by atoms with E-state index in [1.807, 2.05) is 4.98 Å². The van der Waals surface area contributed by atoms with Crippen LogP contribution in [-0.2, 0) is 31.6 Å². The van der Waals surface area contributed by atoms with E-state index in [4.69, 9.17) is 19.4 Å². The Kier molecular flexibility index (Phi) is 8.35. The van der Waals surface area contributed by atoms with Crippen molar-refractivity contribution in [1.29, 1.82) is 0 Å². The molecule has 19 heteroatoms. The van der Waals surface area contributed by atoms with E-state index in [2.05, 4.69) is 31.6 Å². The number of hydrogen-bond donors (Lipinski definition) is 6. The van der Waals surface area contributed by atoms with E-state index in [-0.39, 0.29) is 12.0 Å². The van der Waals surface area contributed by atoms with Gasteiger partial charge in [-0.3, -0.25) is 18.9 Å². The SMILES string of the molecule is C=CC#Cc1cn(C2CC(O)C(COP(=O)(O)OP(=O)(O)OP(=O)(O)O)O2)c(=O)[nH]c1=O. The number of H-pyrrole nitrogens is 1. The zero-order chi connectivity index (χ0) is 24.3. The van der Waals surface area contributed by atoms with Gasteiger partial charge in [-0.05, 0) is 6.08 Å². The summed E-state index contributed by atoms with van der Waals surface area (Å²) in [6.45, 7) is 2.45. The first-order valence-corrected chi connectivity index (χ1v) is 12.7. The van der Waals surface area contributed by atoms with Crippen molar-refractivity contribution < 1.29 is 56.3 Å². The highest BCUT2D eigenvalue weighted by molar-refractivity contribution is 7.66. The van der Waals surface area contributed by atoms with E-state index >= 15 is 0 Å². The molecule has 5 atom stereocenters. The Morgan fingerprint density at radius 1 is 1.22 bits per heavy atom. The molecular formula is C13H17N2O14P3. The van der Waals surface area contributed by atoms with Crippen molar-refractivity contribution in [2.24, 2.45) is 0 Å². The zero-order valence-electron chi connectivity index (χ0n) is 15.7. The van der Waals surface area contributed by atoms with Gasteiger partial charge in [0.25, 0.3) is 5.56 Å². The number of aliphatic hydroxyl groups is 1. The molecule has 32 heavy (non-hydrogen) atoms. The van der Waals surface area contributed by atoms with Crippen LogP contribution >= 0.6 is 23.5 Å². The summed E-state index contributed by atoms with van der Waals surface area (Å²) in [6, 6.07) is 0. The molecule has 16 nitrogen and oxygen atoms in total. The highest BCUT2D eigenvalue weighted by Gasteiger charge is 2.43. The maximum atomic E-state index is 12.1. The Morgan fingerprint density at radius 3 is 2.47 bits per heavy atom. The molecule has 0 aliphatic carbocycles. The van der Waals surface area contributed by atoms with Gasteiger partial charge >= 0.3 is 29.2 Å². The van der Waals surface area contributed by atoms with Gasteiger partial charge in [-0.1, -0.05) is 18.4 Å². The number of allylic oxidation sites excluding steroid dienone is 1. The van der Waals surface area contributed by atoms with Crippen molar-refractivity contribution in [3.63, 3.8) is 0 Å². The van der Waals surface area contributed by atoms with Crippen LogP contribution in [0.1, 0.15) is 18.2 Å². The van der Waals surface area contributed by atoms with Crippen molar-refractivity contribution in [2.45, 2.75) is 24.9 Å². The zero-order valence-corrected chi connectivity index (χ0v) is 18.4. The molecule has 0 amide bonds. The molecule has 0 radical (unpaired) electrons. The summed E-state index contributed by atoms with van der Waals surface area (Å²) in [5.41, 5.74) is -1.78. The summed E-state index contributed by atoms with van der Waals surface area (Å²) in [7, 11) is -16.7. The molecule has 2 heterocycles. The Hall–Kier alpha value is -1.69. The molecule has 1 fully saturated rings. The molecule has 1 aromatic heterocycles. The molecule has 1 saturated heterocycles. The van der Waals surface area contributed by atoms with Crippen LogP contribution in [0.5, 0.6) is 0 Å². The van der Waals surface area contributed by atoms with E-state index < -0.39 is 59.8 Å². The Bertz CT molecular complexity index is 1190. The summed E-state index contributed by atoms with van der Waals surface area (Å²) < 4.78 is 51.5. The van der Waals surface area contributed by atoms with Gasteiger partial charge in [-0.25, -0.2) is 18.5 Å². The quantitative estimate of drug-likeness (QED) is 0.180. The lowest BCUT2D eigenvalue weighted by Gasteiger charge is -2.19. The second-order valence-corrected chi connectivity index (χ2v) is 10.4. The summed E-state index contributed by atoms with van der Waals surface area (Å²) in [6.07, 6.45) is -1.83. The normalized spacial score (nSPS) is 24.7. The molecule has 0 saturated carbocycles. The van der Waals surface area contributed by atoms with Crippen molar-refractivity contribution in [1.82, 2.24) is 9.55 Å². The lowest BCUT2D eigenvalue weighted by Crippen LogP contribution is -2.33. The third-order valence-corrected chi connectivity index (χ3v) is 7.41. The molecule has 1 aliphatic rings. The van der Waals surface area contributed by atoms with Gasteiger partial charge < -0.3 is 29.4 Å². The van der Waals surface area contributed by atoms with Gasteiger partial charge in [0.2, 0.25) is 0 Å². The second kappa shape index (κ2) is 10.1. The number of aromatic amines is 1. The molecular weight excluding hydrogens is 501 g/mol. The lowest BCUT2D eigenvalue weighted by molar-refractivity contribution is -0.0450. The number of ether oxygens (including phenoxy) is 1. The van der Waals surface area contributed by atoms with Gasteiger partial charge in [0.1, 0.15) is 17.9 Å². The Labute approximate surface area is 178 Å². The first kappa shape index (κ1) is 26.6. The van der Waals surface area contributed by atoms with E-state index in [1.54, 1.807) is 0 Å². The van der Waals surface area contributed by atoms with Crippen LogP contribution in [0.3, 0.4) is 0 Å². The topological polar surface area (TPSA) is 244 Å². The predicted molar refractivity (Wildman–Crippen MR) is 103 cm³/mol. The van der Waals surface area contributed by atoms with Crippen molar-refractivity contribution >= 4 is 23.5 Å². The van der Waals surface area contributed by atoms with Gasteiger partial charge in [-0.2, -0.15) is 8.62 Å². The third kappa shape index (κ3) is 7.72. The van der Waals surface area contributed by atoms with E-state index in [0.717, 1.165) is 10.8 Å². The molecule has 178 valence electrons. The molecule has 1 aromatic rings. The average molecular weight is 518 g/mol. The van der Waals surface area contributed by atoms with Crippen LogP contribution in [0.25, 0.3) is 0 Å². The highest BCUT2D eigenvalue weighted by atomic mass is 31.3. The van der Waals surface area contributed by atoms with Gasteiger partial charge in [-0.15, -0.1) is 0 Å². The van der Waals surface area contributed by atoms with Gasteiger partial charge in [0.15, 0.2) is 0 Å². The largest absolute Gasteiger partial charge is 0.490 e. The second-order valence-electron chi connectivity index (χ2n) is 6.00. The first-order chi connectivity index (χ1) is 14.6. The number of phosphoric ester groups is 1. The van der Waals surface area contributed by atoms with Crippen LogP contribution < -0.4 is 11.2 Å². The van der Waals surface area contributed by atoms with Crippen molar-refractivity contribution in [3.8, 4) is 11.8 Å². The number of aliphatic hydroxyl groups excluding tert-OH is 1. The first-order valence-electron chi connectivity index (χ1n) is 8.22. The van der Waals surface area contributed by atoms with Crippen LogP contribution in [0.2, 0.25) is 0 Å². The van der Waals surface area contributed by atoms with Gasteiger partial charge in [0.05, 0.1) is 12.7 Å². The number of aromatic nitrogens is 2. The fraction of sp³-hybridized carbons (Fsp3) is 0.385. The number of rotatable bonds is 8. The minimum absolute atomic E-state index is 0.112. The fourth-order valence-electron chi connectivity index (χ4n) is 2.42. The summed E-state index contributed by atoms with van der Waals surface area (Å²) in [5.74, 6) is 4.86. The monoisotopic (exact) mass is 518 g/mol. The van der Waals surface area contributed by atoms with E-state index in [1.165, 1.54) is 6.08 Å². The number of hydrogen-bond acceptors (Lipinski definition) is 10. The standard InChI is InChI=1S/C13H17N2O14P3/c1-2-3-4-8-6-15(13(18)14-12(8)17)11-5-9(16)10(27-11)7-26-31(22,23)29-32(24,25)28-30(19,20)21/h2,6,9-11,16H,1,5,7H2,(H,22,23)(H,24,25)(H,14,17,18)(H2,19,20,21). The minimum Gasteiger partial charge on any atom is -0.390 e. The maximum Gasteiger partial charge on any atom is 0.490 e. The number of nitrogens with one attached hydrogen (secondary N) is 1. The van der Waals surface area contributed by atoms with Crippen LogP contribution in [-0.4, -0.2) is 53.0 Å². The number of phosphoric acid groups is 3. The highest BCUT2D eigenvalue weighted by Crippen LogP contribution is 2.66. The molecule has 0 aromatic carbocycles. The van der Waals surface area contributed by atoms with E-state index in [0.29, 0.717) is 0 Å². The molecule has 0 bridgehead atoms. The number of nitrogens with zero attached hydrogens (tertiary/aromatic N) is 1. The minimum atomic E-state index is -5.70. The van der Waals surface area contributed by atoms with E-state index in [9.17, 15) is 33.3 Å². The summed E-state index contributed by atoms with van der Waals surface area (Å²) in [5, 5.41) is 10.1. The predicted octanol–water partition coefficient (Wildman–Crippen LogP) is -0.934. The smallest absolute Gasteiger partial charge is 0.390 e. The van der Waals surface area contributed by atoms with Crippen LogP contribution in [0.15, 0.2) is 28.4 Å². The molecule has 2 rings (SSSR count). The average Bonchev–Trinajstić information content (AvgIpc) is 2.97. The molecule has 1 aliphatic heterocycles.